The van der Waals surface area contributed by atoms with Crippen molar-refractivity contribution in [2.24, 2.45) is 0 Å². The summed E-state index contributed by atoms with van der Waals surface area (Å²) in [6, 6.07) is 13.9. The molecule has 0 unspecified atom stereocenters. The predicted molar refractivity (Wildman–Crippen MR) is 88.6 cm³/mol. The normalized spacial score (nSPS) is 10.2. The van der Waals surface area contributed by atoms with Crippen LogP contribution in [0.3, 0.4) is 0 Å². The van der Waals surface area contributed by atoms with Crippen LogP contribution in [0.1, 0.15) is 28.4 Å². The van der Waals surface area contributed by atoms with Gasteiger partial charge in [-0.3, -0.25) is 0 Å². The molecule has 2 aromatic rings. The molecule has 0 radical (unpaired) electrons. The van der Waals surface area contributed by atoms with Crippen molar-refractivity contribution < 1.29 is 9.53 Å². The predicted octanol–water partition coefficient (Wildman–Crippen LogP) is 4.41. The third kappa shape index (κ3) is 4.08. The molecule has 0 spiro atoms. The zero-order valence-electron chi connectivity index (χ0n) is 12.2. The molecule has 0 saturated carbocycles. The van der Waals surface area contributed by atoms with Crippen molar-refractivity contribution in [1.29, 1.82) is 0 Å². The van der Waals surface area contributed by atoms with Gasteiger partial charge in [0.25, 0.3) is 0 Å². The van der Waals surface area contributed by atoms with Gasteiger partial charge in [0.2, 0.25) is 0 Å². The van der Waals surface area contributed by atoms with Crippen LogP contribution < -0.4 is 5.32 Å². The van der Waals surface area contributed by atoms with Crippen molar-refractivity contribution in [3.05, 3.63) is 63.6 Å². The van der Waals surface area contributed by atoms with Crippen molar-refractivity contribution in [2.75, 3.05) is 12.4 Å². The second kappa shape index (κ2) is 7.27. The van der Waals surface area contributed by atoms with E-state index in [4.69, 9.17) is 4.74 Å². The first kappa shape index (κ1) is 15.6. The number of hydrogen-bond acceptors (Lipinski definition) is 3. The van der Waals surface area contributed by atoms with Crippen LogP contribution in [0.4, 0.5) is 5.69 Å². The largest absolute Gasteiger partial charge is 0.465 e. The lowest BCUT2D eigenvalue weighted by atomic mass is 10.1. The number of ether oxygens (including phenoxy) is 1. The van der Waals surface area contributed by atoms with E-state index < -0.39 is 0 Å². The van der Waals surface area contributed by atoms with Crippen LogP contribution in [0.2, 0.25) is 0 Å². The first-order chi connectivity index (χ1) is 10.1. The summed E-state index contributed by atoms with van der Waals surface area (Å²) in [5, 5.41) is 3.39. The molecule has 0 aliphatic rings. The maximum atomic E-state index is 11.5. The lowest BCUT2D eigenvalue weighted by Crippen LogP contribution is -2.04. The molecule has 4 heteroatoms. The van der Waals surface area contributed by atoms with Gasteiger partial charge in [-0.25, -0.2) is 4.79 Å². The topological polar surface area (TPSA) is 38.3 Å². The average Bonchev–Trinajstić information content (AvgIpc) is 2.53. The van der Waals surface area contributed by atoms with Gasteiger partial charge in [-0.1, -0.05) is 41.1 Å². The summed E-state index contributed by atoms with van der Waals surface area (Å²) in [5.41, 5.74) is 4.03. The monoisotopic (exact) mass is 347 g/mol. The van der Waals surface area contributed by atoms with Crippen molar-refractivity contribution in [3.8, 4) is 0 Å². The molecule has 0 atom stereocenters. The molecule has 0 aliphatic heterocycles. The molecule has 1 N–H and O–H groups in total. The quantitative estimate of drug-likeness (QED) is 0.814. The number of anilines is 1. The van der Waals surface area contributed by atoms with Gasteiger partial charge in [0.05, 0.1) is 12.7 Å². The van der Waals surface area contributed by atoms with E-state index in [9.17, 15) is 4.79 Å². The first-order valence-electron chi connectivity index (χ1n) is 6.83. The zero-order chi connectivity index (χ0) is 15.2. The Morgan fingerprint density at radius 1 is 1.24 bits per heavy atom. The number of carbonyl (C=O) groups is 1. The van der Waals surface area contributed by atoms with E-state index in [1.807, 2.05) is 6.07 Å². The number of esters is 1. The minimum absolute atomic E-state index is 0.328. The Balaban J connectivity index is 2.07. The van der Waals surface area contributed by atoms with Crippen molar-refractivity contribution in [2.45, 2.75) is 19.9 Å². The van der Waals surface area contributed by atoms with Gasteiger partial charge in [0, 0.05) is 16.7 Å². The van der Waals surface area contributed by atoms with Crippen molar-refractivity contribution >= 4 is 27.6 Å². The molecule has 0 heterocycles. The molecule has 0 fully saturated rings. The van der Waals surface area contributed by atoms with E-state index in [2.05, 4.69) is 52.4 Å². The zero-order valence-corrected chi connectivity index (χ0v) is 13.7. The van der Waals surface area contributed by atoms with E-state index in [-0.39, 0.29) is 5.97 Å². The number of halogens is 1. The third-order valence-corrected chi connectivity index (χ3v) is 4.03. The lowest BCUT2D eigenvalue weighted by Gasteiger charge is -2.10. The molecule has 110 valence electrons. The number of aryl methyl sites for hydroxylation is 1. The van der Waals surface area contributed by atoms with E-state index in [1.165, 1.54) is 12.7 Å². The van der Waals surface area contributed by atoms with Crippen molar-refractivity contribution in [3.63, 3.8) is 0 Å². The minimum Gasteiger partial charge on any atom is -0.465 e. The van der Waals surface area contributed by atoms with Gasteiger partial charge in [-0.05, 0) is 41.8 Å². The van der Waals surface area contributed by atoms with E-state index in [1.54, 1.807) is 12.1 Å². The number of benzene rings is 2. The van der Waals surface area contributed by atoms with E-state index in [0.29, 0.717) is 12.1 Å². The summed E-state index contributed by atoms with van der Waals surface area (Å²) in [7, 11) is 1.38. The Morgan fingerprint density at radius 2 is 2.05 bits per heavy atom. The van der Waals surface area contributed by atoms with Crippen LogP contribution in [0.15, 0.2) is 46.9 Å². The highest BCUT2D eigenvalue weighted by Crippen LogP contribution is 2.21. The fraction of sp³-hybridized carbons (Fsp3) is 0.235. The number of methoxy groups -OCH3 is 1. The van der Waals surface area contributed by atoms with Crippen LogP contribution in [0, 0.1) is 0 Å². The Kier molecular flexibility index (Phi) is 5.39. The molecule has 2 rings (SSSR count). The van der Waals surface area contributed by atoms with Crippen LogP contribution in [-0.2, 0) is 17.7 Å². The summed E-state index contributed by atoms with van der Waals surface area (Å²) in [6.07, 6.45) is 1.02. The molecule has 0 bridgehead atoms. The second-order valence-corrected chi connectivity index (χ2v) is 5.56. The minimum atomic E-state index is -0.328. The van der Waals surface area contributed by atoms with Crippen LogP contribution >= 0.6 is 15.9 Å². The van der Waals surface area contributed by atoms with Crippen LogP contribution in [0.5, 0.6) is 0 Å². The summed E-state index contributed by atoms with van der Waals surface area (Å²) in [4.78, 5) is 11.5. The summed E-state index contributed by atoms with van der Waals surface area (Å²) >= 11 is 3.50. The molecular weight excluding hydrogens is 330 g/mol. The fourth-order valence-electron chi connectivity index (χ4n) is 2.03. The van der Waals surface area contributed by atoms with E-state index >= 15 is 0 Å². The van der Waals surface area contributed by atoms with Gasteiger partial charge in [0.1, 0.15) is 0 Å². The van der Waals surface area contributed by atoms with E-state index in [0.717, 1.165) is 22.1 Å². The van der Waals surface area contributed by atoms with Crippen LogP contribution in [-0.4, -0.2) is 13.1 Å². The van der Waals surface area contributed by atoms with Gasteiger partial charge in [-0.15, -0.1) is 0 Å². The number of nitrogens with one attached hydrogen (secondary N) is 1. The SMILES string of the molecule is CCc1cccc(NCc2ccc(C(=O)OC)cc2Br)c1. The number of carbonyl (C=O) groups excluding carboxylic acids is 1. The molecular formula is C17H18BrNO2. The summed E-state index contributed by atoms with van der Waals surface area (Å²) in [6.45, 7) is 2.83. The molecule has 0 amide bonds. The molecule has 0 aliphatic carbocycles. The maximum absolute atomic E-state index is 11.5. The van der Waals surface area contributed by atoms with Gasteiger partial charge in [-0.2, -0.15) is 0 Å². The first-order valence-corrected chi connectivity index (χ1v) is 7.63. The molecule has 0 aromatic heterocycles. The highest BCUT2D eigenvalue weighted by molar-refractivity contribution is 9.10. The second-order valence-electron chi connectivity index (χ2n) is 4.71. The number of rotatable bonds is 5. The molecule has 2 aromatic carbocycles. The Bertz CT molecular complexity index is 640. The third-order valence-electron chi connectivity index (χ3n) is 3.29. The van der Waals surface area contributed by atoms with Gasteiger partial charge < -0.3 is 10.1 Å². The smallest absolute Gasteiger partial charge is 0.337 e. The maximum Gasteiger partial charge on any atom is 0.337 e. The lowest BCUT2D eigenvalue weighted by molar-refractivity contribution is 0.0600. The Morgan fingerprint density at radius 3 is 2.71 bits per heavy atom. The molecule has 0 saturated heterocycles. The highest BCUT2D eigenvalue weighted by atomic mass is 79.9. The highest BCUT2D eigenvalue weighted by Gasteiger charge is 2.08. The van der Waals surface area contributed by atoms with Gasteiger partial charge >= 0.3 is 5.97 Å². The molecule has 3 nitrogen and oxygen atoms in total. The van der Waals surface area contributed by atoms with Crippen molar-refractivity contribution in [1.82, 2.24) is 0 Å². The van der Waals surface area contributed by atoms with Gasteiger partial charge in [0.15, 0.2) is 0 Å². The van der Waals surface area contributed by atoms with Crippen LogP contribution in [0.25, 0.3) is 0 Å². The fourth-order valence-corrected chi connectivity index (χ4v) is 2.55. The molecule has 21 heavy (non-hydrogen) atoms. The Hall–Kier alpha value is -1.81. The average molecular weight is 348 g/mol. The Labute approximate surface area is 133 Å². The standard InChI is InChI=1S/C17H18BrNO2/c1-3-12-5-4-6-15(9-12)19-11-14-8-7-13(10-16(14)18)17(20)21-2/h4-10,19H,3,11H2,1-2H3. The summed E-state index contributed by atoms with van der Waals surface area (Å²) < 4.78 is 5.60. The summed E-state index contributed by atoms with van der Waals surface area (Å²) in [5.74, 6) is -0.328. The number of hydrogen-bond donors (Lipinski definition) is 1.